The summed E-state index contributed by atoms with van der Waals surface area (Å²) in [7, 11) is 0. The number of nitrogens with zero attached hydrogens (tertiary/aromatic N) is 4. The first kappa shape index (κ1) is 28.0. The van der Waals surface area contributed by atoms with Gasteiger partial charge in [-0.05, 0) is 71.1 Å². The van der Waals surface area contributed by atoms with E-state index in [0.717, 1.165) is 43.7 Å². The van der Waals surface area contributed by atoms with Crippen LogP contribution in [0.2, 0.25) is 5.15 Å². The van der Waals surface area contributed by atoms with Crippen molar-refractivity contribution in [2.45, 2.75) is 44.9 Å². The molecule has 0 amide bonds. The predicted molar refractivity (Wildman–Crippen MR) is 159 cm³/mol. The number of benzene rings is 2. The number of rotatable bonds is 10. The summed E-state index contributed by atoms with van der Waals surface area (Å²) in [6.07, 6.45) is 1.87. The fourth-order valence-electron chi connectivity index (χ4n) is 4.83. The molecule has 2 aromatic heterocycles. The van der Waals surface area contributed by atoms with Crippen molar-refractivity contribution >= 4 is 50.1 Å². The molecule has 0 saturated carbocycles. The molecule has 0 saturated heterocycles. The van der Waals surface area contributed by atoms with Gasteiger partial charge >= 0.3 is 5.97 Å². The van der Waals surface area contributed by atoms with Gasteiger partial charge in [0.1, 0.15) is 21.7 Å². The smallest absolute Gasteiger partial charge is 0.303 e. The summed E-state index contributed by atoms with van der Waals surface area (Å²) >= 11 is 10.1. The molecule has 5 rings (SSSR count). The molecule has 4 aromatic rings. The van der Waals surface area contributed by atoms with E-state index in [-0.39, 0.29) is 18.9 Å². The normalized spacial score (nSPS) is 15.8. The lowest BCUT2D eigenvalue weighted by atomic mass is 9.97. The van der Waals surface area contributed by atoms with Crippen LogP contribution in [0.25, 0.3) is 22.0 Å². The third kappa shape index (κ3) is 6.27. The molecule has 0 fully saturated rings. The van der Waals surface area contributed by atoms with E-state index in [0.29, 0.717) is 30.1 Å². The number of carboxylic acid groups (broad SMARTS) is 1. The molecule has 2 atom stereocenters. The zero-order valence-corrected chi connectivity index (χ0v) is 24.1. The number of aliphatic hydroxyl groups is 1. The summed E-state index contributed by atoms with van der Waals surface area (Å²) in [5, 5.41) is 27.8. The van der Waals surface area contributed by atoms with Crippen molar-refractivity contribution < 1.29 is 19.7 Å². The van der Waals surface area contributed by atoms with E-state index in [1.165, 1.54) is 0 Å². The van der Waals surface area contributed by atoms with Gasteiger partial charge in [-0.15, -0.1) is 0 Å². The molecule has 10 heteroatoms. The van der Waals surface area contributed by atoms with Crippen molar-refractivity contribution in [3.05, 3.63) is 87.7 Å². The highest BCUT2D eigenvalue weighted by molar-refractivity contribution is 9.10. The minimum Gasteiger partial charge on any atom is -0.494 e. The average molecular weight is 624 g/mol. The number of fused-ring (bicyclic) bond motifs is 1. The summed E-state index contributed by atoms with van der Waals surface area (Å²) in [5.74, 6) is -0.181. The highest BCUT2D eigenvalue weighted by Crippen LogP contribution is 2.39. The molecule has 1 aliphatic rings. The van der Waals surface area contributed by atoms with E-state index in [2.05, 4.69) is 25.9 Å². The molecule has 3 heterocycles. The van der Waals surface area contributed by atoms with Crippen LogP contribution in [0.15, 0.2) is 76.6 Å². The van der Waals surface area contributed by atoms with Crippen LogP contribution >= 0.6 is 27.5 Å². The van der Waals surface area contributed by atoms with Crippen molar-refractivity contribution in [3.63, 3.8) is 0 Å². The number of hydrogen-bond donors (Lipinski definition) is 2. The number of aliphatic carboxylic acids is 1. The molecule has 0 aliphatic carbocycles. The van der Waals surface area contributed by atoms with Gasteiger partial charge in [0.15, 0.2) is 0 Å². The van der Waals surface area contributed by atoms with E-state index in [1.54, 1.807) is 5.01 Å². The third-order valence-electron chi connectivity index (χ3n) is 6.82. The summed E-state index contributed by atoms with van der Waals surface area (Å²) in [5.41, 5.74) is 5.20. The Morgan fingerprint density at radius 2 is 1.88 bits per heavy atom. The van der Waals surface area contributed by atoms with Gasteiger partial charge in [-0.1, -0.05) is 41.9 Å². The maximum Gasteiger partial charge on any atom is 0.303 e. The summed E-state index contributed by atoms with van der Waals surface area (Å²) in [6, 6.07) is 19.2. The lowest BCUT2D eigenvalue weighted by molar-refractivity contribution is -0.137. The lowest BCUT2D eigenvalue weighted by Crippen LogP contribution is -2.31. The van der Waals surface area contributed by atoms with Crippen LogP contribution in [-0.2, 0) is 4.79 Å². The van der Waals surface area contributed by atoms with E-state index in [4.69, 9.17) is 26.5 Å². The quantitative estimate of drug-likeness (QED) is 0.186. The average Bonchev–Trinajstić information content (AvgIpc) is 3.38. The number of hydrazone groups is 1. The van der Waals surface area contributed by atoms with Gasteiger partial charge in [0.2, 0.25) is 0 Å². The van der Waals surface area contributed by atoms with Crippen LogP contribution in [0.3, 0.4) is 0 Å². The fraction of sp³-hybridized carbons (Fsp3) is 0.267. The van der Waals surface area contributed by atoms with Gasteiger partial charge in [0.25, 0.3) is 0 Å². The number of pyridine rings is 2. The molecule has 40 heavy (non-hydrogen) atoms. The second kappa shape index (κ2) is 12.3. The Bertz CT molecular complexity index is 1550. The van der Waals surface area contributed by atoms with Gasteiger partial charge < -0.3 is 14.9 Å². The van der Waals surface area contributed by atoms with Crippen LogP contribution in [-0.4, -0.2) is 49.7 Å². The molecule has 2 unspecified atom stereocenters. The first-order valence-electron chi connectivity index (χ1n) is 13.0. The monoisotopic (exact) mass is 622 g/mol. The third-order valence-corrected chi connectivity index (χ3v) is 7.59. The maximum absolute atomic E-state index is 11.1. The molecule has 0 spiro atoms. The molecule has 206 valence electrons. The topological polar surface area (TPSA) is 108 Å². The van der Waals surface area contributed by atoms with Gasteiger partial charge in [-0.25, -0.2) is 9.97 Å². The Kier molecular flexibility index (Phi) is 8.63. The molecule has 2 aromatic carbocycles. The zero-order chi connectivity index (χ0) is 28.2. The van der Waals surface area contributed by atoms with Crippen molar-refractivity contribution in [1.29, 1.82) is 0 Å². The minimum absolute atomic E-state index is 0.0288. The highest BCUT2D eigenvalue weighted by atomic mass is 79.9. The number of aromatic nitrogens is 2. The van der Waals surface area contributed by atoms with Crippen molar-refractivity contribution in [2.75, 3.05) is 6.61 Å². The van der Waals surface area contributed by atoms with E-state index >= 15 is 0 Å². The maximum atomic E-state index is 11.1. The van der Waals surface area contributed by atoms with Gasteiger partial charge in [-0.2, -0.15) is 5.10 Å². The van der Waals surface area contributed by atoms with Crippen LogP contribution in [0.5, 0.6) is 5.75 Å². The van der Waals surface area contributed by atoms with Gasteiger partial charge in [-0.3, -0.25) is 9.80 Å². The second-order valence-electron chi connectivity index (χ2n) is 9.52. The van der Waals surface area contributed by atoms with Crippen LogP contribution in [0.4, 0.5) is 0 Å². The largest absolute Gasteiger partial charge is 0.494 e. The van der Waals surface area contributed by atoms with Gasteiger partial charge in [0, 0.05) is 41.6 Å². The van der Waals surface area contributed by atoms with E-state index in [9.17, 15) is 9.90 Å². The molecule has 8 nitrogen and oxygen atoms in total. The Hall–Kier alpha value is -3.53. The van der Waals surface area contributed by atoms with Gasteiger partial charge in [0.05, 0.1) is 23.9 Å². The molecule has 1 aliphatic heterocycles. The lowest BCUT2D eigenvalue weighted by Gasteiger charge is -2.29. The Morgan fingerprint density at radius 3 is 2.58 bits per heavy atom. The number of ether oxygens (including phenoxy) is 1. The minimum atomic E-state index is -0.984. The van der Waals surface area contributed by atoms with Crippen LogP contribution in [0.1, 0.15) is 49.8 Å². The summed E-state index contributed by atoms with van der Waals surface area (Å²) in [6.45, 7) is 2.47. The predicted octanol–water partition coefficient (Wildman–Crippen LogP) is 6.84. The first-order valence-corrected chi connectivity index (χ1v) is 14.2. The zero-order valence-electron chi connectivity index (χ0n) is 21.8. The van der Waals surface area contributed by atoms with Crippen molar-refractivity contribution in [3.8, 4) is 16.9 Å². The molecule has 0 bridgehead atoms. The van der Waals surface area contributed by atoms with E-state index in [1.807, 2.05) is 73.8 Å². The second-order valence-corrected chi connectivity index (χ2v) is 10.7. The highest BCUT2D eigenvalue weighted by Gasteiger charge is 2.34. The summed E-state index contributed by atoms with van der Waals surface area (Å²) in [4.78, 5) is 20.0. The Labute approximate surface area is 245 Å². The number of halogens is 2. The molecule has 2 N–H and O–H groups in total. The Morgan fingerprint density at radius 1 is 1.12 bits per heavy atom. The molecular weight excluding hydrogens is 596 g/mol. The fourth-order valence-corrected chi connectivity index (χ4v) is 5.33. The molecular formula is C30H28BrClN4O4. The SMILES string of the molecule is CCOc1ccc2cc(C3CC(c4ccc(-c5ccc(Br)nc5)cc4)=NN3C(O)CCCC(=O)O)c(Cl)nc2c1. The van der Waals surface area contributed by atoms with Crippen molar-refractivity contribution in [2.24, 2.45) is 5.10 Å². The van der Waals surface area contributed by atoms with E-state index < -0.39 is 12.2 Å². The number of hydrogen-bond acceptors (Lipinski definition) is 7. The number of carbonyl (C=O) groups is 1. The van der Waals surface area contributed by atoms with Crippen molar-refractivity contribution in [1.82, 2.24) is 15.0 Å². The standard InChI is InChI=1S/C30H28BrClN4O4/c1-2-40-22-12-10-20-14-23(30(32)34-24(20)15-22)26-16-25(35-36(26)28(37)4-3-5-29(38)39)19-8-6-18(7-9-19)21-11-13-27(31)33-17-21/h6-15,17,26,28,37H,2-5,16H2,1H3,(H,38,39). The first-order chi connectivity index (χ1) is 19.3. The molecule has 0 radical (unpaired) electrons. The van der Waals surface area contributed by atoms with Crippen LogP contribution in [0, 0.1) is 0 Å². The number of aliphatic hydroxyl groups excluding tert-OH is 1. The van der Waals surface area contributed by atoms with Crippen LogP contribution < -0.4 is 4.74 Å². The Balaban J connectivity index is 1.45. The number of carboxylic acids is 1. The summed E-state index contributed by atoms with van der Waals surface area (Å²) < 4.78 is 6.38.